The maximum Gasteiger partial charge on any atom is 0.243 e. The highest BCUT2D eigenvalue weighted by molar-refractivity contribution is 7.89. The van der Waals surface area contributed by atoms with Crippen molar-refractivity contribution in [3.63, 3.8) is 0 Å². The molecule has 7 heteroatoms. The molecule has 1 saturated heterocycles. The molecule has 0 unspecified atom stereocenters. The molecule has 0 aromatic heterocycles. The van der Waals surface area contributed by atoms with Gasteiger partial charge in [0.2, 0.25) is 15.9 Å². The van der Waals surface area contributed by atoms with Gasteiger partial charge in [-0.1, -0.05) is 37.6 Å². The zero-order valence-corrected chi connectivity index (χ0v) is 17.6. The molecule has 0 radical (unpaired) electrons. The highest BCUT2D eigenvalue weighted by Crippen LogP contribution is 2.26. The molecule has 3 rings (SSSR count). The van der Waals surface area contributed by atoms with Crippen LogP contribution in [0.4, 0.5) is 5.69 Å². The third-order valence-electron chi connectivity index (χ3n) is 5.05. The lowest BCUT2D eigenvalue weighted by Crippen LogP contribution is -2.43. The van der Waals surface area contributed by atoms with E-state index in [9.17, 15) is 13.2 Å². The largest absolute Gasteiger partial charge is 0.326 e. The van der Waals surface area contributed by atoms with Crippen molar-refractivity contribution in [2.24, 2.45) is 5.92 Å². The molecule has 28 heavy (non-hydrogen) atoms. The summed E-state index contributed by atoms with van der Waals surface area (Å²) in [5.74, 6) is -0.0939. The summed E-state index contributed by atoms with van der Waals surface area (Å²) in [7, 11) is -3.64. The van der Waals surface area contributed by atoms with Crippen LogP contribution >= 0.6 is 11.6 Å². The number of amides is 1. The fourth-order valence-corrected chi connectivity index (χ4v) is 4.98. The molecule has 0 bridgehead atoms. The number of nitrogens with one attached hydrogen (secondary N) is 1. The molecular formula is C21H25ClN2O3S. The van der Waals surface area contributed by atoms with E-state index in [2.05, 4.69) is 19.2 Å². The molecule has 1 amide bonds. The summed E-state index contributed by atoms with van der Waals surface area (Å²) >= 11 is 5.85. The molecule has 0 spiro atoms. The van der Waals surface area contributed by atoms with Gasteiger partial charge < -0.3 is 5.32 Å². The molecule has 1 atom stereocenters. The van der Waals surface area contributed by atoms with Crippen LogP contribution in [0.25, 0.3) is 0 Å². The number of carbonyl (C=O) groups is 1. The van der Waals surface area contributed by atoms with E-state index in [1.807, 2.05) is 24.3 Å². The lowest BCUT2D eigenvalue weighted by Gasteiger charge is -2.31. The van der Waals surface area contributed by atoms with Gasteiger partial charge in [-0.2, -0.15) is 4.31 Å². The minimum Gasteiger partial charge on any atom is -0.326 e. The first kappa shape index (κ1) is 20.8. The average Bonchev–Trinajstić information content (AvgIpc) is 2.69. The molecule has 0 aliphatic carbocycles. The first-order valence-electron chi connectivity index (χ1n) is 9.44. The quantitative estimate of drug-likeness (QED) is 0.774. The molecule has 0 saturated carbocycles. The van der Waals surface area contributed by atoms with Crippen LogP contribution in [0.2, 0.25) is 5.02 Å². The van der Waals surface area contributed by atoms with Crippen LogP contribution in [-0.4, -0.2) is 31.7 Å². The Balaban J connectivity index is 1.68. The lowest BCUT2D eigenvalue weighted by atomic mass is 9.98. The minimum atomic E-state index is -3.64. The molecule has 1 heterocycles. The van der Waals surface area contributed by atoms with Gasteiger partial charge in [0.05, 0.1) is 10.8 Å². The van der Waals surface area contributed by atoms with Gasteiger partial charge in [-0.15, -0.1) is 0 Å². The van der Waals surface area contributed by atoms with E-state index in [-0.39, 0.29) is 23.3 Å². The van der Waals surface area contributed by atoms with Gasteiger partial charge >= 0.3 is 0 Å². The SMILES string of the molecule is CC(C)c1ccc(NC(=O)[C@@H]2CCCN(S(=O)(=O)c3ccc(Cl)cc3)C2)cc1. The zero-order chi connectivity index (χ0) is 20.3. The number of anilines is 1. The number of sulfonamides is 1. The van der Waals surface area contributed by atoms with Crippen molar-refractivity contribution in [1.82, 2.24) is 4.31 Å². The van der Waals surface area contributed by atoms with Crippen LogP contribution in [0.5, 0.6) is 0 Å². The van der Waals surface area contributed by atoms with Gasteiger partial charge in [0, 0.05) is 23.8 Å². The van der Waals surface area contributed by atoms with Crippen molar-refractivity contribution in [2.75, 3.05) is 18.4 Å². The summed E-state index contributed by atoms with van der Waals surface area (Å²) in [6.07, 6.45) is 1.32. The molecule has 1 aliphatic rings. The van der Waals surface area contributed by atoms with Gasteiger partial charge in [-0.25, -0.2) is 8.42 Å². The van der Waals surface area contributed by atoms with Crippen molar-refractivity contribution < 1.29 is 13.2 Å². The number of benzene rings is 2. The Morgan fingerprint density at radius 3 is 2.36 bits per heavy atom. The smallest absolute Gasteiger partial charge is 0.243 e. The van der Waals surface area contributed by atoms with Gasteiger partial charge in [0.1, 0.15) is 0 Å². The third-order valence-corrected chi connectivity index (χ3v) is 7.18. The van der Waals surface area contributed by atoms with Crippen molar-refractivity contribution in [2.45, 2.75) is 37.5 Å². The van der Waals surface area contributed by atoms with Crippen LogP contribution in [0, 0.1) is 5.92 Å². The van der Waals surface area contributed by atoms with E-state index >= 15 is 0 Å². The first-order valence-corrected chi connectivity index (χ1v) is 11.3. The van der Waals surface area contributed by atoms with Crippen molar-refractivity contribution >= 4 is 33.2 Å². The number of carbonyl (C=O) groups excluding carboxylic acids is 1. The Kier molecular flexibility index (Phi) is 6.43. The number of halogens is 1. The summed E-state index contributed by atoms with van der Waals surface area (Å²) in [4.78, 5) is 12.9. The second-order valence-electron chi connectivity index (χ2n) is 7.42. The minimum absolute atomic E-state index is 0.145. The van der Waals surface area contributed by atoms with Crippen molar-refractivity contribution in [3.05, 3.63) is 59.1 Å². The fraction of sp³-hybridized carbons (Fsp3) is 0.381. The molecule has 1 aliphatic heterocycles. The maximum atomic E-state index is 12.9. The number of piperidine rings is 1. The number of nitrogens with zero attached hydrogens (tertiary/aromatic N) is 1. The Bertz CT molecular complexity index is 925. The molecule has 2 aromatic carbocycles. The number of hydrogen-bond donors (Lipinski definition) is 1. The Hall–Kier alpha value is -1.89. The van der Waals surface area contributed by atoms with E-state index in [1.54, 1.807) is 12.1 Å². The van der Waals surface area contributed by atoms with Crippen molar-refractivity contribution in [3.8, 4) is 0 Å². The average molecular weight is 421 g/mol. The standard InChI is InChI=1S/C21H25ClN2O3S/c1-15(2)16-5-9-19(10-6-16)23-21(25)17-4-3-13-24(14-17)28(26,27)20-11-7-18(22)8-12-20/h5-12,15,17H,3-4,13-14H2,1-2H3,(H,23,25)/t17-/m1/s1. The van der Waals surface area contributed by atoms with Gasteiger partial charge in [-0.3, -0.25) is 4.79 Å². The Labute approximate surface area is 171 Å². The molecular weight excluding hydrogens is 396 g/mol. The van der Waals surface area contributed by atoms with E-state index in [4.69, 9.17) is 11.6 Å². The topological polar surface area (TPSA) is 66.5 Å². The fourth-order valence-electron chi connectivity index (χ4n) is 3.33. The molecule has 150 valence electrons. The van der Waals surface area contributed by atoms with Crippen LogP contribution < -0.4 is 5.32 Å². The summed E-state index contributed by atoms with van der Waals surface area (Å²) < 4.78 is 27.1. The maximum absolute atomic E-state index is 12.9. The second-order valence-corrected chi connectivity index (χ2v) is 9.80. The van der Waals surface area contributed by atoms with E-state index in [1.165, 1.54) is 22.0 Å². The number of hydrogen-bond acceptors (Lipinski definition) is 3. The predicted molar refractivity (Wildman–Crippen MR) is 112 cm³/mol. The van der Waals surface area contributed by atoms with Gasteiger partial charge in [0.15, 0.2) is 0 Å². The molecule has 2 aromatic rings. The summed E-state index contributed by atoms with van der Waals surface area (Å²) in [5.41, 5.74) is 1.93. The first-order chi connectivity index (χ1) is 13.3. The second kappa shape index (κ2) is 8.64. The van der Waals surface area contributed by atoms with Gasteiger partial charge in [-0.05, 0) is 60.7 Å². The highest BCUT2D eigenvalue weighted by Gasteiger charge is 2.33. The predicted octanol–water partition coefficient (Wildman–Crippen LogP) is 4.50. The van der Waals surface area contributed by atoms with Crippen LogP contribution in [-0.2, 0) is 14.8 Å². The van der Waals surface area contributed by atoms with E-state index in [0.29, 0.717) is 30.3 Å². The zero-order valence-electron chi connectivity index (χ0n) is 16.1. The number of rotatable bonds is 5. The van der Waals surface area contributed by atoms with Crippen LogP contribution in [0.1, 0.15) is 38.2 Å². The summed E-state index contributed by atoms with van der Waals surface area (Å²) in [5, 5.41) is 3.40. The monoisotopic (exact) mass is 420 g/mol. The molecule has 1 fully saturated rings. The normalized spacial score (nSPS) is 18.2. The van der Waals surface area contributed by atoms with Crippen molar-refractivity contribution in [1.29, 1.82) is 0 Å². The third kappa shape index (κ3) is 4.74. The Morgan fingerprint density at radius 1 is 1.11 bits per heavy atom. The van der Waals surface area contributed by atoms with E-state index < -0.39 is 10.0 Å². The van der Waals surface area contributed by atoms with Crippen LogP contribution in [0.3, 0.4) is 0 Å². The van der Waals surface area contributed by atoms with Gasteiger partial charge in [0.25, 0.3) is 0 Å². The highest BCUT2D eigenvalue weighted by atomic mass is 35.5. The molecule has 1 N–H and O–H groups in total. The molecule has 5 nitrogen and oxygen atoms in total. The summed E-state index contributed by atoms with van der Waals surface area (Å²) in [6.45, 7) is 4.83. The Morgan fingerprint density at radius 2 is 1.75 bits per heavy atom. The lowest BCUT2D eigenvalue weighted by molar-refractivity contribution is -0.120. The van der Waals surface area contributed by atoms with E-state index in [0.717, 1.165) is 5.69 Å². The summed E-state index contributed by atoms with van der Waals surface area (Å²) in [6, 6.07) is 13.9. The van der Waals surface area contributed by atoms with Crippen LogP contribution in [0.15, 0.2) is 53.4 Å².